The minimum atomic E-state index is -2.94. The van der Waals surface area contributed by atoms with Gasteiger partial charge in [0, 0.05) is 0 Å². The molecule has 5 aromatic carbocycles. The third-order valence-corrected chi connectivity index (χ3v) is 18.3. The molecule has 6 heteroatoms. The van der Waals surface area contributed by atoms with Crippen molar-refractivity contribution in [1.82, 2.24) is 0 Å². The Kier molecular flexibility index (Phi) is 7.96. The van der Waals surface area contributed by atoms with Crippen LogP contribution in [0.15, 0.2) is 143 Å². The maximum atomic E-state index is 12.6. The van der Waals surface area contributed by atoms with Gasteiger partial charge in [-0.2, -0.15) is 0 Å². The van der Waals surface area contributed by atoms with Crippen molar-refractivity contribution in [3.05, 3.63) is 149 Å². The number of hydrogen-bond acceptors (Lipinski definition) is 4. The number of phenolic OH excluding ortho intramolecular Hbond substituents is 2. The topological polar surface area (TPSA) is 70.7 Å². The number of aryl methyl sites for hydroxylation is 1. The third kappa shape index (κ3) is 5.29. The first-order valence-electron chi connectivity index (χ1n) is 14.4. The van der Waals surface area contributed by atoms with Crippen LogP contribution in [0.4, 0.5) is 0 Å². The Morgan fingerprint density at radius 2 is 1.19 bits per heavy atom. The van der Waals surface area contributed by atoms with Crippen molar-refractivity contribution in [2.75, 3.05) is 6.16 Å². The average molecular weight is 652 g/mol. The fourth-order valence-electron chi connectivity index (χ4n) is 5.96. The smallest absolute Gasteiger partial charge is 0.504 e. The van der Waals surface area contributed by atoms with Gasteiger partial charge >= 0.3 is 232 Å². The molecule has 1 heterocycles. The molecule has 0 aliphatic rings. The van der Waals surface area contributed by atoms with Gasteiger partial charge < -0.3 is 10.2 Å². The first-order valence-corrected chi connectivity index (χ1v) is 18.8. The van der Waals surface area contributed by atoms with Gasteiger partial charge in [0.05, 0.1) is 0 Å². The number of phenols is 2. The number of halogens is 1. The molecule has 1 aromatic heterocycles. The predicted octanol–water partition coefficient (Wildman–Crippen LogP) is 8.03. The van der Waals surface area contributed by atoms with Crippen LogP contribution in [0.3, 0.4) is 0 Å². The maximum absolute atomic E-state index is 12.6. The third-order valence-electron chi connectivity index (χ3n) is 8.27. The van der Waals surface area contributed by atoms with E-state index in [-0.39, 0.29) is 22.1 Å². The summed E-state index contributed by atoms with van der Waals surface area (Å²) in [7, 11) is 0. The predicted molar refractivity (Wildman–Crippen MR) is 183 cm³/mol. The Hall–Kier alpha value is -4.18. The Labute approximate surface area is 259 Å². The summed E-state index contributed by atoms with van der Waals surface area (Å²) < 4.78 is 5.84. The van der Waals surface area contributed by atoms with Crippen LogP contribution in [0.1, 0.15) is 18.4 Å². The van der Waals surface area contributed by atoms with E-state index >= 15 is 0 Å². The van der Waals surface area contributed by atoms with Crippen LogP contribution in [0.25, 0.3) is 22.3 Å². The van der Waals surface area contributed by atoms with E-state index < -0.39 is 11.1 Å². The summed E-state index contributed by atoms with van der Waals surface area (Å²) in [4.78, 5) is 12.6. The van der Waals surface area contributed by atoms with Crippen LogP contribution >= 0.6 is 20.8 Å². The Balaban J connectivity index is 1.25. The number of hydrogen-bond donors (Lipinski definition) is 2. The number of aromatic hydroxyl groups is 2. The molecule has 0 unspecified atom stereocenters. The van der Waals surface area contributed by atoms with Gasteiger partial charge in [-0.1, -0.05) is 0 Å². The molecule has 4 nitrogen and oxygen atoms in total. The Morgan fingerprint density at radius 3 is 1.72 bits per heavy atom. The number of fused-ring (bicyclic) bond motifs is 1. The normalized spacial score (nSPS) is 12.5. The average Bonchev–Trinajstić information content (AvgIpc) is 3.06. The van der Waals surface area contributed by atoms with E-state index in [1.165, 1.54) is 39.7 Å². The minimum Gasteiger partial charge on any atom is -0.504 e. The summed E-state index contributed by atoms with van der Waals surface area (Å²) >= 11 is 4.53. The summed E-state index contributed by atoms with van der Waals surface area (Å²) in [5.41, 5.74) is 1.63. The molecule has 0 radical (unpaired) electrons. The van der Waals surface area contributed by atoms with Crippen molar-refractivity contribution in [3.63, 3.8) is 0 Å². The standard InChI is InChI=1S/C37H32BrO4P/c38-43(29-13-4-1-5-14-29,30-15-6-2-7-16-30,31-17-8-3-9-18-31)25-11-10-12-27-19-21-28(22-20-27)35-26-34(40)32-23-24-33(39)36(41)37(32)42-35/h1-9,13-24,26,39,41H,10-12,25H2. The van der Waals surface area contributed by atoms with Crippen molar-refractivity contribution in [3.8, 4) is 22.8 Å². The Bertz CT molecular complexity index is 1820. The molecule has 0 amide bonds. The molecular weight excluding hydrogens is 619 g/mol. The summed E-state index contributed by atoms with van der Waals surface area (Å²) in [6.45, 7) is 0. The second-order valence-corrected chi connectivity index (χ2v) is 19.9. The summed E-state index contributed by atoms with van der Waals surface area (Å²) in [5.74, 6) is -0.416. The quantitative estimate of drug-likeness (QED) is 0.0944. The van der Waals surface area contributed by atoms with E-state index in [0.29, 0.717) is 5.76 Å². The zero-order valence-corrected chi connectivity index (χ0v) is 26.0. The van der Waals surface area contributed by atoms with Gasteiger partial charge in [0.15, 0.2) is 5.75 Å². The molecule has 2 N–H and O–H groups in total. The van der Waals surface area contributed by atoms with Crippen LogP contribution in [0, 0.1) is 0 Å². The molecule has 0 saturated carbocycles. The van der Waals surface area contributed by atoms with Crippen molar-refractivity contribution < 1.29 is 14.6 Å². The van der Waals surface area contributed by atoms with Gasteiger partial charge in [-0.25, -0.2) is 0 Å². The van der Waals surface area contributed by atoms with Crippen molar-refractivity contribution in [1.29, 1.82) is 0 Å². The molecule has 0 spiro atoms. The van der Waals surface area contributed by atoms with E-state index in [1.54, 1.807) is 0 Å². The Morgan fingerprint density at radius 1 is 0.651 bits per heavy atom. The fourth-order valence-corrected chi connectivity index (χ4v) is 13.7. The zero-order chi connectivity index (χ0) is 29.9. The molecule has 216 valence electrons. The van der Waals surface area contributed by atoms with Crippen LogP contribution in [0.5, 0.6) is 11.5 Å². The van der Waals surface area contributed by atoms with Crippen LogP contribution in [0.2, 0.25) is 0 Å². The minimum absolute atomic E-state index is 0.0158. The molecule has 6 rings (SSSR count). The molecule has 0 atom stereocenters. The first kappa shape index (κ1) is 28.9. The number of rotatable bonds is 9. The van der Waals surface area contributed by atoms with Gasteiger partial charge in [0.1, 0.15) is 0 Å². The molecule has 0 fully saturated rings. The van der Waals surface area contributed by atoms with Crippen LogP contribution < -0.4 is 21.3 Å². The summed E-state index contributed by atoms with van der Waals surface area (Å²) in [6, 6.07) is 44.7. The van der Waals surface area contributed by atoms with Crippen LogP contribution in [-0.4, -0.2) is 16.4 Å². The van der Waals surface area contributed by atoms with E-state index in [2.05, 4.69) is 119 Å². The fraction of sp³-hybridized carbons (Fsp3) is 0.108. The molecular formula is C37H32BrO4P. The van der Waals surface area contributed by atoms with Gasteiger partial charge in [-0.05, 0) is 12.1 Å². The summed E-state index contributed by atoms with van der Waals surface area (Å²) in [6.07, 6.45) is 3.92. The molecule has 43 heavy (non-hydrogen) atoms. The molecule has 0 saturated heterocycles. The number of unbranched alkanes of at least 4 members (excludes halogenated alkanes) is 1. The molecule has 0 bridgehead atoms. The summed E-state index contributed by atoms with van der Waals surface area (Å²) in [5, 5.41) is 21.3. The monoisotopic (exact) mass is 650 g/mol. The van der Waals surface area contributed by atoms with Crippen molar-refractivity contribution >= 4 is 47.7 Å². The molecule has 0 aliphatic carbocycles. The first-order chi connectivity index (χ1) is 20.9. The van der Waals surface area contributed by atoms with E-state index in [4.69, 9.17) is 4.42 Å². The second kappa shape index (κ2) is 11.8. The van der Waals surface area contributed by atoms with Gasteiger partial charge in [-0.3, -0.25) is 0 Å². The van der Waals surface area contributed by atoms with E-state index in [1.807, 2.05) is 12.1 Å². The van der Waals surface area contributed by atoms with Crippen molar-refractivity contribution in [2.24, 2.45) is 0 Å². The van der Waals surface area contributed by atoms with E-state index in [9.17, 15) is 15.0 Å². The van der Waals surface area contributed by atoms with Gasteiger partial charge in [0.2, 0.25) is 0 Å². The van der Waals surface area contributed by atoms with Crippen LogP contribution in [-0.2, 0) is 6.42 Å². The molecule has 0 aliphatic heterocycles. The molecule has 6 aromatic rings. The zero-order valence-electron chi connectivity index (χ0n) is 23.6. The van der Waals surface area contributed by atoms with Gasteiger partial charge in [0.25, 0.3) is 0 Å². The van der Waals surface area contributed by atoms with Crippen molar-refractivity contribution in [2.45, 2.75) is 19.3 Å². The van der Waals surface area contributed by atoms with Gasteiger partial charge in [-0.15, -0.1) is 0 Å². The SMILES string of the molecule is O=c1cc(-c2ccc(CCCCP(Br)(c3ccccc3)(c3ccccc3)c3ccccc3)cc2)oc2c(O)c(O)ccc12. The van der Waals surface area contributed by atoms with E-state index in [0.717, 1.165) is 31.0 Å². The number of benzene rings is 5. The second-order valence-electron chi connectivity index (χ2n) is 10.9.